The summed E-state index contributed by atoms with van der Waals surface area (Å²) in [5.74, 6) is -0.347. The van der Waals surface area contributed by atoms with Crippen molar-refractivity contribution in [2.24, 2.45) is 5.92 Å². The molecule has 48 valence electrons. The minimum Gasteiger partial charge on any atom is -0.385 e. The van der Waals surface area contributed by atoms with Gasteiger partial charge in [-0.25, -0.2) is 0 Å². The maximum Gasteiger partial charge on any atom is 0.211 e. The Morgan fingerprint density at radius 1 is 1.88 bits per heavy atom. The molecule has 0 aromatic heterocycles. The largest absolute Gasteiger partial charge is 0.385 e. The van der Waals surface area contributed by atoms with Gasteiger partial charge in [0, 0.05) is 1.37 Å². The van der Waals surface area contributed by atoms with Gasteiger partial charge in [-0.1, -0.05) is 13.8 Å². The van der Waals surface area contributed by atoms with Gasteiger partial charge >= 0.3 is 0 Å². The predicted octanol–water partition coefficient (Wildman–Crippen LogP) is 0.592. The quantitative estimate of drug-likeness (QED) is 0.589. The average Bonchev–Trinajstić information content (AvgIpc) is 1.88. The third-order valence-electron chi connectivity index (χ3n) is 0.923. The Morgan fingerprint density at radius 2 is 2.50 bits per heavy atom. The van der Waals surface area contributed by atoms with Gasteiger partial charge in [0.05, 0.1) is 0 Å². The van der Waals surface area contributed by atoms with Crippen LogP contribution >= 0.6 is 0 Å². The molecule has 1 N–H and O–H groups in total. The van der Waals surface area contributed by atoms with Gasteiger partial charge in [-0.05, 0) is 12.8 Å². The molecule has 2 nitrogen and oxygen atoms in total. The Bertz CT molecular complexity index is 114. The van der Waals surface area contributed by atoms with Crippen molar-refractivity contribution in [3.63, 3.8) is 0 Å². The Morgan fingerprint density at radius 3 is 2.62 bits per heavy atom. The second kappa shape index (κ2) is 2.82. The second-order valence-electron chi connectivity index (χ2n) is 2.13. The van der Waals surface area contributed by atoms with E-state index in [0.717, 1.165) is 0 Å². The molecule has 0 spiro atoms. The Labute approximate surface area is 52.4 Å². The fourth-order valence-corrected chi connectivity index (χ4v) is 0.372. The van der Waals surface area contributed by atoms with Crippen LogP contribution in [-0.2, 0) is 4.79 Å². The summed E-state index contributed by atoms with van der Waals surface area (Å²) in [4.78, 5) is 10.8. The molecular weight excluding hydrogens is 104 g/mol. The van der Waals surface area contributed by atoms with Crippen molar-refractivity contribution < 1.29 is 11.3 Å². The number of ketones is 1. The monoisotopic (exact) mass is 118 g/mol. The number of rotatable bonds is 3. The van der Waals surface area contributed by atoms with Crippen LogP contribution in [0.4, 0.5) is 0 Å². The van der Waals surface area contributed by atoms with Crippen molar-refractivity contribution in [3.05, 3.63) is 0 Å². The number of hydrogen-bond acceptors (Lipinski definition) is 2. The Balaban J connectivity index is 3.93. The number of carbonyl (C=O) groups is 1. The lowest BCUT2D eigenvalue weighted by Crippen LogP contribution is -2.22. The molecule has 0 aliphatic heterocycles. The molecule has 0 fully saturated rings. The molecule has 2 heteroatoms. The number of Topliss-reactive ketones (excluding diaryl/α,β-unsaturated/α-hetero) is 1. The summed E-state index contributed by atoms with van der Waals surface area (Å²) < 4.78 is 13.2. The zero-order valence-electron chi connectivity index (χ0n) is 7.18. The number of aliphatic hydroxyl groups is 1. The number of aliphatic hydroxyl groups excluding tert-OH is 1. The third-order valence-corrected chi connectivity index (χ3v) is 0.923. The summed E-state index contributed by atoms with van der Waals surface area (Å²) in [5.41, 5.74) is 0. The minimum atomic E-state index is -0.725. The van der Waals surface area contributed by atoms with Gasteiger partial charge in [-0.15, -0.1) is 0 Å². The number of carbonyl (C=O) groups excluding carboxylic acids is 1. The smallest absolute Gasteiger partial charge is 0.211 e. The highest BCUT2D eigenvalue weighted by molar-refractivity contribution is 5.80. The SMILES string of the molecule is [2H]CC(=O)C(O[2H])C(C)C. The zero-order chi connectivity index (χ0) is 8.15. The van der Waals surface area contributed by atoms with E-state index in [-0.39, 0.29) is 18.6 Å². The predicted molar refractivity (Wildman–Crippen MR) is 31.5 cm³/mol. The van der Waals surface area contributed by atoms with E-state index in [1.54, 1.807) is 13.8 Å². The molecule has 0 aliphatic carbocycles. The molecule has 0 radical (unpaired) electrons. The zero-order valence-corrected chi connectivity index (χ0v) is 5.18. The molecule has 0 saturated heterocycles. The fraction of sp³-hybridized carbons (Fsp3) is 0.833. The molecule has 0 rings (SSSR count). The molecular formula is C6H12O2. The van der Waals surface area contributed by atoms with Gasteiger partial charge in [0.2, 0.25) is 1.43 Å². The Hall–Kier alpha value is -0.370. The lowest BCUT2D eigenvalue weighted by Gasteiger charge is -2.08. The highest BCUT2D eigenvalue weighted by atomic mass is 16.3. The van der Waals surface area contributed by atoms with Gasteiger partial charge in [-0.3, -0.25) is 4.79 Å². The molecule has 1 unspecified atom stereocenters. The van der Waals surface area contributed by atoms with Crippen LogP contribution in [0.1, 0.15) is 22.1 Å². The van der Waals surface area contributed by atoms with E-state index in [1.807, 2.05) is 0 Å². The van der Waals surface area contributed by atoms with Crippen molar-refractivity contribution in [1.29, 1.82) is 1.43 Å². The first-order chi connectivity index (χ1) is 4.63. The van der Waals surface area contributed by atoms with Gasteiger partial charge in [0.25, 0.3) is 0 Å². The van der Waals surface area contributed by atoms with E-state index in [1.165, 1.54) is 0 Å². The summed E-state index contributed by atoms with van der Waals surface area (Å²) in [7, 11) is 0. The van der Waals surface area contributed by atoms with Crippen molar-refractivity contribution in [3.8, 4) is 0 Å². The first kappa shape index (κ1) is 4.50. The molecule has 0 aromatic rings. The molecule has 1 atom stereocenters. The lowest BCUT2D eigenvalue weighted by molar-refractivity contribution is -0.126. The first-order valence-corrected chi connectivity index (χ1v) is 2.57. The summed E-state index contributed by atoms with van der Waals surface area (Å²) >= 11 is 0. The average molecular weight is 118 g/mol. The molecule has 0 aromatic carbocycles. The van der Waals surface area contributed by atoms with Crippen LogP contribution in [-0.4, -0.2) is 18.4 Å². The van der Waals surface area contributed by atoms with Crippen molar-refractivity contribution in [2.45, 2.75) is 26.9 Å². The normalized spacial score (nSPS) is 17.4. The first-order valence-electron chi connectivity index (χ1n) is 3.69. The van der Waals surface area contributed by atoms with Crippen molar-refractivity contribution in [2.75, 3.05) is 0 Å². The van der Waals surface area contributed by atoms with Crippen LogP contribution in [0.2, 0.25) is 0 Å². The van der Waals surface area contributed by atoms with Crippen LogP contribution in [0.5, 0.6) is 0 Å². The molecule has 0 bridgehead atoms. The summed E-state index contributed by atoms with van der Waals surface area (Å²) in [5, 5.41) is 4.14. The third kappa shape index (κ3) is 2.07. The second-order valence-corrected chi connectivity index (χ2v) is 2.13. The summed E-state index contributed by atoms with van der Waals surface area (Å²) in [6, 6.07) is 0. The molecule has 0 saturated carbocycles. The lowest BCUT2D eigenvalue weighted by atomic mass is 10.1. The highest BCUT2D eigenvalue weighted by Crippen LogP contribution is 2.00. The van der Waals surface area contributed by atoms with E-state index < -0.39 is 6.10 Å². The molecule has 8 heavy (non-hydrogen) atoms. The standard InChI is InChI=1S/C6H12O2/c1-4(2)6(8)5(3)7/h4,6,8H,1-3H3/i3D,8D. The van der Waals surface area contributed by atoms with Crippen LogP contribution < -0.4 is 0 Å². The van der Waals surface area contributed by atoms with Crippen LogP contribution in [0.25, 0.3) is 0 Å². The van der Waals surface area contributed by atoms with E-state index in [4.69, 9.17) is 2.80 Å². The van der Waals surface area contributed by atoms with E-state index in [0.29, 0.717) is 0 Å². The van der Waals surface area contributed by atoms with Gasteiger partial charge in [0.1, 0.15) is 6.10 Å². The van der Waals surface area contributed by atoms with Crippen LogP contribution in [0.3, 0.4) is 0 Å². The molecule has 0 heterocycles. The van der Waals surface area contributed by atoms with Crippen LogP contribution in [0.15, 0.2) is 0 Å². The maximum absolute atomic E-state index is 10.8. The number of hydrogen-bond donors (Lipinski definition) is 1. The topological polar surface area (TPSA) is 37.3 Å². The van der Waals surface area contributed by atoms with E-state index >= 15 is 0 Å². The van der Waals surface area contributed by atoms with Crippen molar-refractivity contribution in [1.82, 2.24) is 0 Å². The van der Waals surface area contributed by atoms with Crippen LogP contribution in [0, 0.1) is 5.92 Å². The highest BCUT2D eigenvalue weighted by Gasteiger charge is 2.12. The summed E-state index contributed by atoms with van der Waals surface area (Å²) in [6.07, 6.45) is -0.725. The maximum atomic E-state index is 10.8. The van der Waals surface area contributed by atoms with Gasteiger partial charge in [0.15, 0.2) is 5.78 Å². The van der Waals surface area contributed by atoms with Gasteiger partial charge < -0.3 is 5.11 Å². The molecule has 0 amide bonds. The Kier molecular flexibility index (Phi) is 1.59. The summed E-state index contributed by atoms with van der Waals surface area (Å²) in [6.45, 7) is 3.27. The van der Waals surface area contributed by atoms with Crippen molar-refractivity contribution >= 4 is 5.78 Å². The minimum absolute atomic E-state index is 0.0182. The van der Waals surface area contributed by atoms with E-state index in [2.05, 4.69) is 5.11 Å². The fourth-order valence-electron chi connectivity index (χ4n) is 0.372. The molecule has 0 aliphatic rings. The van der Waals surface area contributed by atoms with Gasteiger partial charge in [-0.2, -0.15) is 0 Å². The van der Waals surface area contributed by atoms with E-state index in [9.17, 15) is 4.79 Å².